The lowest BCUT2D eigenvalue weighted by atomic mass is 10.0. The molecule has 0 saturated heterocycles. The van der Waals surface area contributed by atoms with Gasteiger partial charge in [-0.3, -0.25) is 4.79 Å². The second kappa shape index (κ2) is 6.75. The van der Waals surface area contributed by atoms with Crippen LogP contribution in [0.25, 0.3) is 5.82 Å². The highest BCUT2D eigenvalue weighted by atomic mass is 16.5. The lowest BCUT2D eigenvalue weighted by Gasteiger charge is -2.12. The van der Waals surface area contributed by atoms with Crippen molar-refractivity contribution in [3.63, 3.8) is 0 Å². The van der Waals surface area contributed by atoms with Gasteiger partial charge < -0.3 is 10.1 Å². The van der Waals surface area contributed by atoms with Gasteiger partial charge in [-0.25, -0.2) is 19.4 Å². The predicted molar refractivity (Wildman–Crippen MR) is 90.2 cm³/mol. The normalized spacial score (nSPS) is 15.4. The average molecular weight is 349 g/mol. The first-order valence-electron chi connectivity index (χ1n) is 8.08. The Morgan fingerprint density at radius 2 is 2.12 bits per heavy atom. The number of nitrogens with one attached hydrogen (secondary N) is 1. The summed E-state index contributed by atoms with van der Waals surface area (Å²) in [5, 5.41) is 6.91. The molecule has 1 amide bonds. The minimum Gasteiger partial charge on any atom is -0.453 e. The third-order valence-corrected chi connectivity index (χ3v) is 4.13. The van der Waals surface area contributed by atoms with Crippen molar-refractivity contribution in [1.29, 1.82) is 0 Å². The molecule has 4 rings (SSSR count). The van der Waals surface area contributed by atoms with Gasteiger partial charge in [0.1, 0.15) is 18.8 Å². The summed E-state index contributed by atoms with van der Waals surface area (Å²) in [6.07, 6.45) is 4.13. The van der Waals surface area contributed by atoms with E-state index in [9.17, 15) is 9.59 Å². The van der Waals surface area contributed by atoms with E-state index in [-0.39, 0.29) is 24.8 Å². The molecule has 8 heteroatoms. The number of cyclic esters (lactones) is 1. The summed E-state index contributed by atoms with van der Waals surface area (Å²) in [7, 11) is 0. The molecule has 0 radical (unpaired) electrons. The van der Waals surface area contributed by atoms with Crippen molar-refractivity contribution < 1.29 is 14.3 Å². The number of pyridine rings is 1. The van der Waals surface area contributed by atoms with Crippen molar-refractivity contribution in [2.75, 3.05) is 0 Å². The Labute approximate surface area is 148 Å². The third-order valence-electron chi connectivity index (χ3n) is 4.13. The fourth-order valence-corrected chi connectivity index (χ4v) is 2.90. The number of amides is 1. The van der Waals surface area contributed by atoms with Crippen LogP contribution < -0.4 is 5.32 Å². The van der Waals surface area contributed by atoms with Gasteiger partial charge in [-0.15, -0.1) is 0 Å². The maximum atomic E-state index is 12.3. The van der Waals surface area contributed by atoms with E-state index in [1.807, 2.05) is 18.2 Å². The number of benzene rings is 1. The average Bonchev–Trinajstić information content (AvgIpc) is 3.30. The maximum Gasteiger partial charge on any atom is 0.339 e. The van der Waals surface area contributed by atoms with Crippen molar-refractivity contribution in [1.82, 2.24) is 25.1 Å². The molecule has 1 aromatic carbocycles. The zero-order valence-electron chi connectivity index (χ0n) is 13.7. The number of hydrogen-bond acceptors (Lipinski definition) is 6. The Morgan fingerprint density at radius 3 is 2.96 bits per heavy atom. The molecule has 1 atom stereocenters. The maximum absolute atomic E-state index is 12.3. The molecule has 3 aromatic rings. The number of rotatable bonds is 5. The number of ether oxygens (including phenoxy) is 1. The SMILES string of the molecule is O=C(C[C@H]1OC(=O)c2ccccc21)NCc1cccnc1-n1cncn1. The highest BCUT2D eigenvalue weighted by Gasteiger charge is 2.31. The topological polar surface area (TPSA) is 99.0 Å². The summed E-state index contributed by atoms with van der Waals surface area (Å²) >= 11 is 0. The summed E-state index contributed by atoms with van der Waals surface area (Å²) in [5.41, 5.74) is 2.07. The fraction of sp³-hybridized carbons (Fsp3) is 0.167. The number of aromatic nitrogens is 4. The summed E-state index contributed by atoms with van der Waals surface area (Å²) in [4.78, 5) is 32.4. The minimum atomic E-state index is -0.553. The van der Waals surface area contributed by atoms with Crippen LogP contribution in [0.5, 0.6) is 0 Å². The summed E-state index contributed by atoms with van der Waals surface area (Å²) in [6, 6.07) is 10.8. The van der Waals surface area contributed by atoms with Crippen LogP contribution in [0.15, 0.2) is 55.2 Å². The standard InChI is InChI=1S/C18H15N5O3/c24-16(8-15-13-5-1-2-6-14(13)18(25)26-15)21-9-12-4-3-7-20-17(12)23-11-19-10-22-23/h1-7,10-11,15H,8-9H2,(H,21,24)/t15-/m1/s1. The van der Waals surface area contributed by atoms with E-state index in [4.69, 9.17) is 4.74 Å². The van der Waals surface area contributed by atoms with Gasteiger partial charge in [-0.05, 0) is 12.1 Å². The van der Waals surface area contributed by atoms with Gasteiger partial charge in [0.25, 0.3) is 0 Å². The van der Waals surface area contributed by atoms with Crippen molar-refractivity contribution in [3.8, 4) is 5.82 Å². The molecule has 130 valence electrons. The molecular formula is C18H15N5O3. The van der Waals surface area contributed by atoms with Crippen molar-refractivity contribution >= 4 is 11.9 Å². The number of esters is 1. The van der Waals surface area contributed by atoms with Crippen LogP contribution in [-0.2, 0) is 16.1 Å². The van der Waals surface area contributed by atoms with Crippen LogP contribution in [0.2, 0.25) is 0 Å². The lowest BCUT2D eigenvalue weighted by Crippen LogP contribution is -2.25. The van der Waals surface area contributed by atoms with Crippen LogP contribution in [0, 0.1) is 0 Å². The molecule has 1 aliphatic heterocycles. The third kappa shape index (κ3) is 3.04. The van der Waals surface area contributed by atoms with E-state index in [0.717, 1.165) is 11.1 Å². The first-order chi connectivity index (χ1) is 12.7. The predicted octanol–water partition coefficient (Wildman–Crippen LogP) is 1.58. The monoisotopic (exact) mass is 349 g/mol. The van der Waals surface area contributed by atoms with Crippen LogP contribution in [-0.4, -0.2) is 31.6 Å². The van der Waals surface area contributed by atoms with E-state index in [0.29, 0.717) is 11.4 Å². The summed E-state index contributed by atoms with van der Waals surface area (Å²) in [5.74, 6) is -0.00466. The summed E-state index contributed by atoms with van der Waals surface area (Å²) in [6.45, 7) is 0.282. The first-order valence-corrected chi connectivity index (χ1v) is 8.08. The molecule has 0 aliphatic carbocycles. The van der Waals surface area contributed by atoms with E-state index in [1.165, 1.54) is 11.0 Å². The van der Waals surface area contributed by atoms with Gasteiger partial charge in [0.15, 0.2) is 5.82 Å². The molecule has 3 heterocycles. The number of carbonyl (C=O) groups excluding carboxylic acids is 2. The van der Waals surface area contributed by atoms with E-state index < -0.39 is 6.10 Å². The van der Waals surface area contributed by atoms with Crippen molar-refractivity contribution in [2.24, 2.45) is 0 Å². The van der Waals surface area contributed by atoms with Crippen LogP contribution in [0.4, 0.5) is 0 Å². The highest BCUT2D eigenvalue weighted by Crippen LogP contribution is 2.32. The second-order valence-corrected chi connectivity index (χ2v) is 5.79. The number of hydrogen-bond donors (Lipinski definition) is 1. The van der Waals surface area contributed by atoms with Gasteiger partial charge in [0.05, 0.1) is 12.0 Å². The van der Waals surface area contributed by atoms with Crippen molar-refractivity contribution in [2.45, 2.75) is 19.1 Å². The molecular weight excluding hydrogens is 334 g/mol. The van der Waals surface area contributed by atoms with Gasteiger partial charge >= 0.3 is 5.97 Å². The molecule has 8 nitrogen and oxygen atoms in total. The molecule has 1 aliphatic rings. The van der Waals surface area contributed by atoms with Crippen LogP contribution >= 0.6 is 0 Å². The van der Waals surface area contributed by atoms with E-state index in [1.54, 1.807) is 30.7 Å². The first kappa shape index (κ1) is 15.9. The Bertz CT molecular complexity index is 955. The Hall–Kier alpha value is -3.55. The highest BCUT2D eigenvalue weighted by molar-refractivity contribution is 5.94. The molecule has 0 bridgehead atoms. The smallest absolute Gasteiger partial charge is 0.339 e. The van der Waals surface area contributed by atoms with Gasteiger partial charge in [-0.2, -0.15) is 5.10 Å². The van der Waals surface area contributed by atoms with Crippen LogP contribution in [0.1, 0.15) is 34.0 Å². The largest absolute Gasteiger partial charge is 0.453 e. The molecule has 0 spiro atoms. The van der Waals surface area contributed by atoms with E-state index >= 15 is 0 Å². The van der Waals surface area contributed by atoms with Gasteiger partial charge in [0, 0.05) is 23.9 Å². The molecule has 0 unspecified atom stereocenters. The van der Waals surface area contributed by atoms with E-state index in [2.05, 4.69) is 20.4 Å². The zero-order valence-corrected chi connectivity index (χ0v) is 13.7. The number of nitrogens with zero attached hydrogens (tertiary/aromatic N) is 4. The van der Waals surface area contributed by atoms with Gasteiger partial charge in [0.2, 0.25) is 5.91 Å². The zero-order chi connectivity index (χ0) is 17.9. The van der Waals surface area contributed by atoms with Gasteiger partial charge in [-0.1, -0.05) is 24.3 Å². The Kier molecular flexibility index (Phi) is 4.14. The van der Waals surface area contributed by atoms with Crippen molar-refractivity contribution in [3.05, 3.63) is 71.9 Å². The second-order valence-electron chi connectivity index (χ2n) is 5.79. The Balaban J connectivity index is 1.42. The number of fused-ring (bicyclic) bond motifs is 1. The molecule has 1 N–H and O–H groups in total. The Morgan fingerprint density at radius 1 is 1.23 bits per heavy atom. The number of carbonyl (C=O) groups is 2. The molecule has 0 saturated carbocycles. The summed E-state index contributed by atoms with van der Waals surface area (Å²) < 4.78 is 6.84. The van der Waals surface area contributed by atoms with Crippen LogP contribution in [0.3, 0.4) is 0 Å². The fourth-order valence-electron chi connectivity index (χ4n) is 2.90. The minimum absolute atomic E-state index is 0.0711. The molecule has 0 fully saturated rings. The molecule has 26 heavy (non-hydrogen) atoms. The molecule has 2 aromatic heterocycles. The quantitative estimate of drug-likeness (QED) is 0.702. The lowest BCUT2D eigenvalue weighted by molar-refractivity contribution is -0.123.